The van der Waals surface area contributed by atoms with E-state index >= 15 is 0 Å². The lowest BCUT2D eigenvalue weighted by Crippen LogP contribution is -2.14. The Morgan fingerprint density at radius 1 is 1.33 bits per heavy atom. The number of aromatic nitrogens is 1. The lowest BCUT2D eigenvalue weighted by Gasteiger charge is -2.11. The van der Waals surface area contributed by atoms with Crippen molar-refractivity contribution in [3.05, 3.63) is 24.0 Å². The highest BCUT2D eigenvalue weighted by Gasteiger charge is 2.15. The number of nitrogens with one attached hydrogen (secondary N) is 1. The van der Waals surface area contributed by atoms with Crippen molar-refractivity contribution in [3.63, 3.8) is 0 Å². The molecule has 1 aromatic heterocycles. The van der Waals surface area contributed by atoms with E-state index in [9.17, 15) is 0 Å². The molecule has 1 aliphatic carbocycles. The largest absolute Gasteiger partial charge is 0.492 e. The lowest BCUT2D eigenvalue weighted by molar-refractivity contribution is 0.251. The van der Waals surface area contributed by atoms with Crippen molar-refractivity contribution >= 4 is 0 Å². The zero-order valence-corrected chi connectivity index (χ0v) is 11.3. The Kier molecular flexibility index (Phi) is 5.46. The highest BCUT2D eigenvalue weighted by Crippen LogP contribution is 2.25. The van der Waals surface area contributed by atoms with Gasteiger partial charge in [0.15, 0.2) is 0 Å². The van der Waals surface area contributed by atoms with Gasteiger partial charge in [-0.05, 0) is 43.9 Å². The van der Waals surface area contributed by atoms with Crippen LogP contribution in [0.15, 0.2) is 18.3 Å². The average molecular weight is 248 g/mol. The van der Waals surface area contributed by atoms with Gasteiger partial charge < -0.3 is 10.1 Å². The van der Waals surface area contributed by atoms with Crippen LogP contribution in [0, 0.1) is 5.92 Å². The fourth-order valence-corrected chi connectivity index (χ4v) is 2.39. The van der Waals surface area contributed by atoms with E-state index in [1.165, 1.54) is 25.7 Å². The summed E-state index contributed by atoms with van der Waals surface area (Å²) in [6.07, 6.45) is 8.39. The number of hydrogen-bond donors (Lipinski definition) is 1. The highest BCUT2D eigenvalue weighted by atomic mass is 16.5. The minimum atomic E-state index is 0.760. The van der Waals surface area contributed by atoms with E-state index in [-0.39, 0.29) is 0 Å². The Bertz CT molecular complexity index is 331. The molecule has 0 aliphatic heterocycles. The molecule has 0 unspecified atom stereocenters. The van der Waals surface area contributed by atoms with Crippen LogP contribution in [0.2, 0.25) is 0 Å². The van der Waals surface area contributed by atoms with Gasteiger partial charge in [0.05, 0.1) is 18.5 Å². The van der Waals surface area contributed by atoms with Crippen LogP contribution in [0.25, 0.3) is 0 Å². The first-order valence-corrected chi connectivity index (χ1v) is 7.17. The third kappa shape index (κ3) is 4.30. The van der Waals surface area contributed by atoms with Crippen LogP contribution < -0.4 is 10.1 Å². The van der Waals surface area contributed by atoms with Crippen LogP contribution in [0.4, 0.5) is 0 Å². The fourth-order valence-electron chi connectivity index (χ4n) is 2.39. The molecular weight excluding hydrogens is 224 g/mol. The topological polar surface area (TPSA) is 34.1 Å². The van der Waals surface area contributed by atoms with Crippen LogP contribution in [-0.2, 0) is 6.54 Å². The van der Waals surface area contributed by atoms with E-state index in [0.717, 1.165) is 43.5 Å². The molecule has 18 heavy (non-hydrogen) atoms. The van der Waals surface area contributed by atoms with Gasteiger partial charge in [-0.15, -0.1) is 0 Å². The Hall–Kier alpha value is -1.09. The predicted molar refractivity (Wildman–Crippen MR) is 73.7 cm³/mol. The molecule has 0 amide bonds. The summed E-state index contributed by atoms with van der Waals surface area (Å²) in [5.74, 6) is 1.66. The van der Waals surface area contributed by atoms with Crippen LogP contribution in [0.5, 0.6) is 5.75 Å². The molecule has 1 heterocycles. The number of pyridine rings is 1. The first-order chi connectivity index (χ1) is 8.88. The number of hydrogen-bond acceptors (Lipinski definition) is 3. The van der Waals surface area contributed by atoms with Crippen molar-refractivity contribution in [3.8, 4) is 5.75 Å². The zero-order chi connectivity index (χ0) is 12.6. The average Bonchev–Trinajstić information content (AvgIpc) is 2.91. The van der Waals surface area contributed by atoms with Gasteiger partial charge in [-0.3, -0.25) is 4.98 Å². The Morgan fingerprint density at radius 2 is 2.17 bits per heavy atom. The lowest BCUT2D eigenvalue weighted by atomic mass is 10.1. The maximum Gasteiger partial charge on any atom is 0.137 e. The van der Waals surface area contributed by atoms with Crippen molar-refractivity contribution in [1.82, 2.24) is 10.3 Å². The Morgan fingerprint density at radius 3 is 2.83 bits per heavy atom. The quantitative estimate of drug-likeness (QED) is 0.753. The van der Waals surface area contributed by atoms with E-state index < -0.39 is 0 Å². The molecule has 1 saturated carbocycles. The maximum atomic E-state index is 5.79. The second kappa shape index (κ2) is 7.37. The third-order valence-electron chi connectivity index (χ3n) is 3.49. The first-order valence-electron chi connectivity index (χ1n) is 7.17. The second-order valence-electron chi connectivity index (χ2n) is 5.12. The van der Waals surface area contributed by atoms with Gasteiger partial charge in [-0.2, -0.15) is 0 Å². The van der Waals surface area contributed by atoms with E-state index in [2.05, 4.69) is 17.2 Å². The van der Waals surface area contributed by atoms with Crippen LogP contribution >= 0.6 is 0 Å². The molecule has 0 radical (unpaired) electrons. The molecule has 0 atom stereocenters. The van der Waals surface area contributed by atoms with Gasteiger partial charge in [0, 0.05) is 6.54 Å². The van der Waals surface area contributed by atoms with E-state index in [0.29, 0.717) is 0 Å². The SMILES string of the molecule is CCCNCc1ccc(OCC2CCCC2)cn1. The molecule has 2 rings (SSSR count). The summed E-state index contributed by atoms with van der Waals surface area (Å²) in [6, 6.07) is 4.08. The standard InChI is InChI=1S/C15H24N2O/c1-2-9-16-10-14-7-8-15(11-17-14)18-12-13-5-3-4-6-13/h7-8,11,13,16H,2-6,9-10,12H2,1H3. The maximum absolute atomic E-state index is 5.79. The van der Waals surface area contributed by atoms with Crippen molar-refractivity contribution in [2.24, 2.45) is 5.92 Å². The third-order valence-corrected chi connectivity index (χ3v) is 3.49. The summed E-state index contributed by atoms with van der Waals surface area (Å²) in [6.45, 7) is 4.91. The summed E-state index contributed by atoms with van der Waals surface area (Å²) < 4.78 is 5.79. The van der Waals surface area contributed by atoms with E-state index in [1.807, 2.05) is 18.3 Å². The van der Waals surface area contributed by atoms with Crippen LogP contribution in [-0.4, -0.2) is 18.1 Å². The summed E-state index contributed by atoms with van der Waals surface area (Å²) in [5.41, 5.74) is 1.08. The van der Waals surface area contributed by atoms with Crippen molar-refractivity contribution in [2.45, 2.75) is 45.6 Å². The summed E-state index contributed by atoms with van der Waals surface area (Å²) >= 11 is 0. The minimum absolute atomic E-state index is 0.760. The number of nitrogens with zero attached hydrogens (tertiary/aromatic N) is 1. The van der Waals surface area contributed by atoms with E-state index in [4.69, 9.17) is 4.74 Å². The first kappa shape index (κ1) is 13.3. The van der Waals surface area contributed by atoms with Gasteiger partial charge in [0.25, 0.3) is 0 Å². The molecule has 1 N–H and O–H groups in total. The molecule has 100 valence electrons. The van der Waals surface area contributed by atoms with Crippen molar-refractivity contribution < 1.29 is 4.74 Å². The summed E-state index contributed by atoms with van der Waals surface area (Å²) in [4.78, 5) is 4.41. The van der Waals surface area contributed by atoms with Gasteiger partial charge in [-0.1, -0.05) is 19.8 Å². The zero-order valence-electron chi connectivity index (χ0n) is 11.3. The van der Waals surface area contributed by atoms with E-state index in [1.54, 1.807) is 0 Å². The monoisotopic (exact) mass is 248 g/mol. The molecular formula is C15H24N2O. The predicted octanol–water partition coefficient (Wildman–Crippen LogP) is 3.15. The molecule has 1 aromatic rings. The second-order valence-corrected chi connectivity index (χ2v) is 5.12. The molecule has 0 aromatic carbocycles. The molecule has 0 bridgehead atoms. The van der Waals surface area contributed by atoms with Gasteiger partial charge in [0.1, 0.15) is 5.75 Å². The normalized spacial score (nSPS) is 16.1. The number of ether oxygens (including phenoxy) is 1. The molecule has 1 aliphatic rings. The van der Waals surface area contributed by atoms with Crippen molar-refractivity contribution in [2.75, 3.05) is 13.2 Å². The summed E-state index contributed by atoms with van der Waals surface area (Å²) in [7, 11) is 0. The fraction of sp³-hybridized carbons (Fsp3) is 0.667. The molecule has 3 heteroatoms. The molecule has 3 nitrogen and oxygen atoms in total. The molecule has 0 saturated heterocycles. The van der Waals surface area contributed by atoms with Crippen LogP contribution in [0.1, 0.15) is 44.7 Å². The van der Waals surface area contributed by atoms with Gasteiger partial charge in [-0.25, -0.2) is 0 Å². The Balaban J connectivity index is 1.72. The summed E-state index contributed by atoms with van der Waals surface area (Å²) in [5, 5.41) is 3.34. The van der Waals surface area contributed by atoms with Crippen molar-refractivity contribution in [1.29, 1.82) is 0 Å². The smallest absolute Gasteiger partial charge is 0.137 e. The molecule has 1 fully saturated rings. The minimum Gasteiger partial charge on any atom is -0.492 e. The Labute approximate surface area is 110 Å². The van der Waals surface area contributed by atoms with Gasteiger partial charge in [0.2, 0.25) is 0 Å². The van der Waals surface area contributed by atoms with Gasteiger partial charge >= 0.3 is 0 Å². The number of rotatable bonds is 7. The molecule has 0 spiro atoms. The highest BCUT2D eigenvalue weighted by molar-refractivity contribution is 5.19. The van der Waals surface area contributed by atoms with Crippen LogP contribution in [0.3, 0.4) is 0 Å².